The Hall–Kier alpha value is -2.01. The van der Waals surface area contributed by atoms with E-state index in [4.69, 9.17) is 9.47 Å². The topological polar surface area (TPSA) is 76.0 Å². The molecule has 3 atom stereocenters. The van der Waals surface area contributed by atoms with E-state index in [2.05, 4.69) is 0 Å². The van der Waals surface area contributed by atoms with E-state index < -0.39 is 0 Å². The van der Waals surface area contributed by atoms with Crippen molar-refractivity contribution in [2.45, 2.75) is 32.8 Å². The molecule has 5 heteroatoms. The van der Waals surface area contributed by atoms with Gasteiger partial charge in [0.05, 0.1) is 25.9 Å². The molecule has 23 heavy (non-hydrogen) atoms. The molecule has 0 radical (unpaired) electrons. The highest BCUT2D eigenvalue weighted by atomic mass is 16.5. The highest BCUT2D eigenvalue weighted by Gasteiger charge is 2.33. The zero-order valence-electron chi connectivity index (χ0n) is 13.6. The zero-order valence-corrected chi connectivity index (χ0v) is 13.6. The Morgan fingerprint density at radius 1 is 1.30 bits per heavy atom. The largest absolute Gasteiger partial charge is 0.508 e. The molecule has 1 aromatic rings. The maximum Gasteiger partial charge on any atom is 0.306 e. The summed E-state index contributed by atoms with van der Waals surface area (Å²) in [4.78, 5) is 12.1. The van der Waals surface area contributed by atoms with Crippen LogP contribution in [0.25, 0.3) is 0 Å². The van der Waals surface area contributed by atoms with E-state index in [1.165, 1.54) is 0 Å². The molecule has 0 amide bonds. The lowest BCUT2D eigenvalue weighted by Crippen LogP contribution is -2.35. The zero-order chi connectivity index (χ0) is 16.8. The number of rotatable bonds is 6. The van der Waals surface area contributed by atoms with Crippen molar-refractivity contribution >= 4 is 5.97 Å². The third kappa shape index (κ3) is 4.73. The van der Waals surface area contributed by atoms with Crippen LogP contribution < -0.4 is 0 Å². The number of benzene rings is 1. The van der Waals surface area contributed by atoms with Gasteiger partial charge in [-0.05, 0) is 37.1 Å². The molecule has 126 valence electrons. The van der Waals surface area contributed by atoms with Crippen molar-refractivity contribution in [2.24, 2.45) is 11.8 Å². The van der Waals surface area contributed by atoms with Crippen molar-refractivity contribution in [1.82, 2.24) is 0 Å². The first-order valence-electron chi connectivity index (χ1n) is 7.87. The molecular weight excluding hydrogens is 296 g/mol. The molecule has 5 nitrogen and oxygen atoms in total. The third-order valence-electron chi connectivity index (χ3n) is 4.36. The molecular formula is C18H24O5. The van der Waals surface area contributed by atoms with E-state index in [-0.39, 0.29) is 42.7 Å². The van der Waals surface area contributed by atoms with E-state index in [0.717, 1.165) is 11.1 Å². The normalized spacial score (nSPS) is 23.8. The van der Waals surface area contributed by atoms with Gasteiger partial charge in [-0.15, -0.1) is 0 Å². The van der Waals surface area contributed by atoms with Gasteiger partial charge in [-0.1, -0.05) is 12.1 Å². The first-order chi connectivity index (χ1) is 11.0. The van der Waals surface area contributed by atoms with Crippen LogP contribution in [0.2, 0.25) is 0 Å². The minimum Gasteiger partial charge on any atom is -0.508 e. The van der Waals surface area contributed by atoms with Crippen LogP contribution >= 0.6 is 0 Å². The Kier molecular flexibility index (Phi) is 6.04. The van der Waals surface area contributed by atoms with Crippen molar-refractivity contribution in [3.63, 3.8) is 0 Å². The van der Waals surface area contributed by atoms with Crippen LogP contribution in [0.15, 0.2) is 36.1 Å². The van der Waals surface area contributed by atoms with Crippen molar-refractivity contribution < 1.29 is 24.5 Å². The van der Waals surface area contributed by atoms with Crippen LogP contribution in [0.5, 0.6) is 5.75 Å². The average Bonchev–Trinajstić information content (AvgIpc) is 2.53. The predicted octanol–water partition coefficient (Wildman–Crippen LogP) is 2.42. The fourth-order valence-corrected chi connectivity index (χ4v) is 2.84. The molecule has 1 unspecified atom stereocenters. The van der Waals surface area contributed by atoms with Crippen molar-refractivity contribution in [2.75, 3.05) is 13.2 Å². The fraction of sp³-hybridized carbons (Fsp3) is 0.500. The second-order valence-electron chi connectivity index (χ2n) is 6.00. The Morgan fingerprint density at radius 3 is 2.65 bits per heavy atom. The lowest BCUT2D eigenvalue weighted by Gasteiger charge is -2.34. The summed E-state index contributed by atoms with van der Waals surface area (Å²) < 4.78 is 10.8. The summed E-state index contributed by atoms with van der Waals surface area (Å²) in [7, 11) is 0. The molecule has 1 aliphatic rings. The standard InChI is InChI=1S/C18H24O5/c1-12-11-23-13(2)17(10-19)16(12)9-18(21)22-8-7-14-3-5-15(20)6-4-14/h3-6,11,13,16-17,19-20H,7-10H2,1-2H3/t13?,16-,17-/m1/s1. The molecule has 0 saturated heterocycles. The van der Waals surface area contributed by atoms with Gasteiger partial charge >= 0.3 is 5.97 Å². The third-order valence-corrected chi connectivity index (χ3v) is 4.36. The quantitative estimate of drug-likeness (QED) is 0.787. The average molecular weight is 320 g/mol. The SMILES string of the molecule is CC1=COC(C)[C@@H](CO)[C@@H]1CC(=O)OCCc1ccc(O)cc1. The summed E-state index contributed by atoms with van der Waals surface area (Å²) in [6.07, 6.45) is 2.41. The van der Waals surface area contributed by atoms with E-state index in [1.807, 2.05) is 13.8 Å². The van der Waals surface area contributed by atoms with E-state index in [9.17, 15) is 15.0 Å². The monoisotopic (exact) mass is 320 g/mol. The molecule has 0 aliphatic carbocycles. The Bertz CT molecular complexity index is 549. The van der Waals surface area contributed by atoms with Crippen molar-refractivity contribution in [1.29, 1.82) is 0 Å². The molecule has 1 aliphatic heterocycles. The summed E-state index contributed by atoms with van der Waals surface area (Å²) in [6, 6.07) is 6.83. The minimum absolute atomic E-state index is 0.0161. The lowest BCUT2D eigenvalue weighted by molar-refractivity contribution is -0.145. The molecule has 0 spiro atoms. The van der Waals surface area contributed by atoms with Gasteiger partial charge in [0.15, 0.2) is 0 Å². The summed E-state index contributed by atoms with van der Waals surface area (Å²) in [6.45, 7) is 4.09. The van der Waals surface area contributed by atoms with Gasteiger partial charge in [-0.25, -0.2) is 0 Å². The van der Waals surface area contributed by atoms with Gasteiger partial charge in [0.2, 0.25) is 0 Å². The number of carbonyl (C=O) groups excluding carboxylic acids is 1. The van der Waals surface area contributed by atoms with Crippen molar-refractivity contribution in [3.05, 3.63) is 41.7 Å². The molecule has 0 saturated carbocycles. The van der Waals surface area contributed by atoms with Gasteiger partial charge < -0.3 is 19.7 Å². The molecule has 0 aromatic heterocycles. The lowest BCUT2D eigenvalue weighted by atomic mass is 9.80. The van der Waals surface area contributed by atoms with E-state index in [0.29, 0.717) is 13.0 Å². The maximum atomic E-state index is 12.1. The van der Waals surface area contributed by atoms with Crippen molar-refractivity contribution in [3.8, 4) is 5.75 Å². The van der Waals surface area contributed by atoms with Crippen LogP contribution in [-0.2, 0) is 20.7 Å². The number of phenolic OH excluding ortho intramolecular Hbond substituents is 1. The van der Waals surface area contributed by atoms with Gasteiger partial charge in [-0.3, -0.25) is 4.79 Å². The fourth-order valence-electron chi connectivity index (χ4n) is 2.84. The highest BCUT2D eigenvalue weighted by molar-refractivity contribution is 5.70. The smallest absolute Gasteiger partial charge is 0.306 e. The molecule has 0 bridgehead atoms. The summed E-state index contributed by atoms with van der Waals surface area (Å²) >= 11 is 0. The molecule has 1 aromatic carbocycles. The number of hydrogen-bond acceptors (Lipinski definition) is 5. The first-order valence-corrected chi connectivity index (χ1v) is 7.87. The highest BCUT2D eigenvalue weighted by Crippen LogP contribution is 2.32. The Labute approximate surface area is 136 Å². The van der Waals surface area contributed by atoms with Gasteiger partial charge in [0.1, 0.15) is 11.9 Å². The summed E-state index contributed by atoms with van der Waals surface area (Å²) in [5.74, 6) is -0.194. The van der Waals surface area contributed by atoms with Crippen LogP contribution in [0.4, 0.5) is 0 Å². The minimum atomic E-state index is -0.269. The number of ether oxygens (including phenoxy) is 2. The van der Waals surface area contributed by atoms with Crippen LogP contribution in [-0.4, -0.2) is 35.5 Å². The van der Waals surface area contributed by atoms with Gasteiger partial charge in [-0.2, -0.15) is 0 Å². The predicted molar refractivity (Wildman–Crippen MR) is 85.8 cm³/mol. The van der Waals surface area contributed by atoms with Crippen LogP contribution in [0, 0.1) is 11.8 Å². The number of aliphatic hydroxyl groups is 1. The number of aliphatic hydroxyl groups excluding tert-OH is 1. The molecule has 0 fully saturated rings. The molecule has 1 heterocycles. The summed E-state index contributed by atoms with van der Waals surface area (Å²) in [5.41, 5.74) is 1.96. The van der Waals surface area contributed by atoms with E-state index >= 15 is 0 Å². The first kappa shape index (κ1) is 17.3. The molecule has 2 rings (SSSR count). The maximum absolute atomic E-state index is 12.1. The number of esters is 1. The second kappa shape index (κ2) is 8.02. The van der Waals surface area contributed by atoms with E-state index in [1.54, 1.807) is 30.5 Å². The van der Waals surface area contributed by atoms with Crippen LogP contribution in [0.1, 0.15) is 25.8 Å². The van der Waals surface area contributed by atoms with Gasteiger partial charge in [0, 0.05) is 18.3 Å². The van der Waals surface area contributed by atoms with Crippen LogP contribution in [0.3, 0.4) is 0 Å². The number of aromatic hydroxyl groups is 1. The Balaban J connectivity index is 1.82. The Morgan fingerprint density at radius 2 is 2.00 bits per heavy atom. The number of hydrogen-bond donors (Lipinski definition) is 2. The second-order valence-corrected chi connectivity index (χ2v) is 6.00. The molecule has 2 N–H and O–H groups in total. The number of allylic oxidation sites excluding steroid dienone is 1. The number of phenols is 1. The number of carbonyl (C=O) groups is 1. The summed E-state index contributed by atoms with van der Waals surface area (Å²) in [5, 5.41) is 18.8. The van der Waals surface area contributed by atoms with Gasteiger partial charge in [0.25, 0.3) is 0 Å².